The Balaban J connectivity index is 2.26. The number of unbranched alkanes of at least 4 members (excludes halogenated alkanes) is 6. The van der Waals surface area contributed by atoms with Crippen molar-refractivity contribution in [3.05, 3.63) is 54.2 Å². The van der Waals surface area contributed by atoms with Crippen LogP contribution in [0.3, 0.4) is 0 Å². The first-order valence-corrected chi connectivity index (χ1v) is 9.93. The predicted molar refractivity (Wildman–Crippen MR) is 108 cm³/mol. The molecule has 0 radical (unpaired) electrons. The number of Topliss-reactive ketones (excluding diaryl/α,β-unsaturated/α-hetero) is 1. The van der Waals surface area contributed by atoms with E-state index >= 15 is 0 Å². The summed E-state index contributed by atoms with van der Waals surface area (Å²) in [5, 5.41) is 0. The van der Waals surface area contributed by atoms with Crippen molar-refractivity contribution >= 4 is 12.0 Å². The first-order valence-electron chi connectivity index (χ1n) is 9.93. The monoisotopic (exact) mass is 391 g/mol. The summed E-state index contributed by atoms with van der Waals surface area (Å²) in [4.78, 5) is 11.9. The SMILES string of the molecule is C=Cn1c(C(=O)C(F)(F)F)cc(CCCCCCCCC)c1-c1ccccc1. The summed E-state index contributed by atoms with van der Waals surface area (Å²) in [5.41, 5.74) is 1.78. The van der Waals surface area contributed by atoms with Gasteiger partial charge in [0.25, 0.3) is 5.78 Å². The Labute approximate surface area is 165 Å². The van der Waals surface area contributed by atoms with E-state index in [4.69, 9.17) is 0 Å². The third-order valence-corrected chi connectivity index (χ3v) is 4.89. The van der Waals surface area contributed by atoms with Crippen LogP contribution in [0, 0.1) is 0 Å². The second-order valence-corrected chi connectivity index (χ2v) is 7.02. The Kier molecular flexibility index (Phi) is 8.09. The number of benzene rings is 1. The van der Waals surface area contributed by atoms with Crippen molar-refractivity contribution in [2.75, 3.05) is 0 Å². The van der Waals surface area contributed by atoms with Crippen LogP contribution in [0.15, 0.2) is 43.0 Å². The molecule has 1 heterocycles. The molecular weight excluding hydrogens is 363 g/mol. The highest BCUT2D eigenvalue weighted by Crippen LogP contribution is 2.32. The molecule has 0 spiro atoms. The first kappa shape index (κ1) is 22.0. The van der Waals surface area contributed by atoms with Crippen molar-refractivity contribution < 1.29 is 18.0 Å². The van der Waals surface area contributed by atoms with Gasteiger partial charge in [-0.1, -0.05) is 82.4 Å². The lowest BCUT2D eigenvalue weighted by Gasteiger charge is -2.11. The van der Waals surface area contributed by atoms with Crippen molar-refractivity contribution in [1.82, 2.24) is 4.57 Å². The minimum atomic E-state index is -4.91. The number of hydrogen-bond donors (Lipinski definition) is 0. The number of rotatable bonds is 11. The van der Waals surface area contributed by atoms with Crippen LogP contribution in [0.25, 0.3) is 17.5 Å². The standard InChI is InChI=1S/C23H28F3NO/c1-3-5-6-7-8-9-11-16-19-17-20(22(28)23(24,25)26)27(4-2)21(19)18-14-12-10-13-15-18/h4,10,12-15,17H,2-3,5-9,11,16H2,1H3. The Morgan fingerprint density at radius 3 is 2.21 bits per heavy atom. The average molecular weight is 391 g/mol. The third kappa shape index (κ3) is 5.60. The Morgan fingerprint density at radius 2 is 1.64 bits per heavy atom. The molecule has 0 bridgehead atoms. The predicted octanol–water partition coefficient (Wildman–Crippen LogP) is 7.29. The number of hydrogen-bond acceptors (Lipinski definition) is 1. The van der Waals surface area contributed by atoms with Crippen LogP contribution in [-0.2, 0) is 6.42 Å². The van der Waals surface area contributed by atoms with Gasteiger partial charge in [-0.3, -0.25) is 4.79 Å². The van der Waals surface area contributed by atoms with E-state index in [-0.39, 0.29) is 5.69 Å². The summed E-state index contributed by atoms with van der Waals surface area (Å²) in [6.07, 6.45) is 4.89. The van der Waals surface area contributed by atoms with Gasteiger partial charge in [0.05, 0.1) is 11.4 Å². The van der Waals surface area contributed by atoms with Crippen LogP contribution in [0.2, 0.25) is 0 Å². The lowest BCUT2D eigenvalue weighted by molar-refractivity contribution is -0.0889. The number of aromatic nitrogens is 1. The maximum atomic E-state index is 13.1. The number of carbonyl (C=O) groups is 1. The molecule has 152 valence electrons. The van der Waals surface area contributed by atoms with Crippen molar-refractivity contribution in [1.29, 1.82) is 0 Å². The van der Waals surface area contributed by atoms with Gasteiger partial charge in [-0.05, 0) is 30.0 Å². The fourth-order valence-corrected chi connectivity index (χ4v) is 3.47. The van der Waals surface area contributed by atoms with Crippen molar-refractivity contribution in [3.8, 4) is 11.3 Å². The van der Waals surface area contributed by atoms with Crippen LogP contribution >= 0.6 is 0 Å². The second-order valence-electron chi connectivity index (χ2n) is 7.02. The molecule has 0 atom stereocenters. The quantitative estimate of drug-likeness (QED) is 0.291. The molecule has 0 fully saturated rings. The molecular formula is C23H28F3NO. The lowest BCUT2D eigenvalue weighted by Crippen LogP contribution is -2.24. The zero-order chi connectivity index (χ0) is 20.6. The van der Waals surface area contributed by atoms with Crippen LogP contribution in [0.5, 0.6) is 0 Å². The molecule has 0 saturated carbocycles. The molecule has 2 aromatic rings. The van der Waals surface area contributed by atoms with Gasteiger partial charge in [0.2, 0.25) is 0 Å². The summed E-state index contributed by atoms with van der Waals surface area (Å²) in [5.74, 6) is -1.84. The van der Waals surface area contributed by atoms with Crippen LogP contribution in [0.4, 0.5) is 13.2 Å². The van der Waals surface area contributed by atoms with E-state index in [1.807, 2.05) is 30.3 Å². The highest BCUT2D eigenvalue weighted by Gasteiger charge is 2.41. The zero-order valence-corrected chi connectivity index (χ0v) is 16.4. The lowest BCUT2D eigenvalue weighted by atomic mass is 10.0. The Bertz CT molecular complexity index is 775. The van der Waals surface area contributed by atoms with E-state index in [9.17, 15) is 18.0 Å². The average Bonchev–Trinajstić information content (AvgIpc) is 3.04. The van der Waals surface area contributed by atoms with Gasteiger partial charge in [0, 0.05) is 6.20 Å². The third-order valence-electron chi connectivity index (χ3n) is 4.89. The smallest absolute Gasteiger partial charge is 0.313 e. The number of halogens is 3. The van der Waals surface area contributed by atoms with E-state index < -0.39 is 12.0 Å². The molecule has 28 heavy (non-hydrogen) atoms. The summed E-state index contributed by atoms with van der Waals surface area (Å²) >= 11 is 0. The molecule has 2 rings (SSSR count). The molecule has 5 heteroatoms. The molecule has 2 nitrogen and oxygen atoms in total. The minimum absolute atomic E-state index is 0.376. The molecule has 0 amide bonds. The second kappa shape index (κ2) is 10.3. The van der Waals surface area contributed by atoms with E-state index in [2.05, 4.69) is 13.5 Å². The minimum Gasteiger partial charge on any atom is -0.313 e. The Hall–Kier alpha value is -2.30. The van der Waals surface area contributed by atoms with Gasteiger partial charge in [0.1, 0.15) is 0 Å². The van der Waals surface area contributed by atoms with Crippen molar-refractivity contribution in [3.63, 3.8) is 0 Å². The molecule has 0 aliphatic heterocycles. The van der Waals surface area contributed by atoms with Gasteiger partial charge in [-0.25, -0.2) is 0 Å². The molecule has 1 aromatic heterocycles. The number of aryl methyl sites for hydroxylation is 1. The van der Waals surface area contributed by atoms with Crippen LogP contribution in [0.1, 0.15) is 67.9 Å². The van der Waals surface area contributed by atoms with Crippen molar-refractivity contribution in [2.45, 2.75) is 64.5 Å². The summed E-state index contributed by atoms with van der Waals surface area (Å²) in [7, 11) is 0. The fraction of sp³-hybridized carbons (Fsp3) is 0.435. The number of ketones is 1. The highest BCUT2D eigenvalue weighted by molar-refractivity contribution is 6.01. The molecule has 1 aromatic carbocycles. The molecule has 0 aliphatic carbocycles. The van der Waals surface area contributed by atoms with E-state index in [0.29, 0.717) is 12.1 Å². The van der Waals surface area contributed by atoms with Gasteiger partial charge < -0.3 is 4.57 Å². The molecule has 0 saturated heterocycles. The first-order chi connectivity index (χ1) is 13.4. The number of alkyl halides is 3. The van der Waals surface area contributed by atoms with Gasteiger partial charge in [-0.2, -0.15) is 13.2 Å². The molecule has 0 aliphatic rings. The maximum Gasteiger partial charge on any atom is 0.456 e. The Morgan fingerprint density at radius 1 is 1.04 bits per heavy atom. The summed E-state index contributed by atoms with van der Waals surface area (Å²) in [6, 6.07) is 10.6. The van der Waals surface area contributed by atoms with Gasteiger partial charge in [0.15, 0.2) is 0 Å². The molecule has 0 N–H and O–H groups in total. The van der Waals surface area contributed by atoms with E-state index in [0.717, 1.165) is 30.4 Å². The largest absolute Gasteiger partial charge is 0.456 e. The molecule has 0 unspecified atom stereocenters. The maximum absolute atomic E-state index is 13.1. The zero-order valence-electron chi connectivity index (χ0n) is 16.4. The van der Waals surface area contributed by atoms with Gasteiger partial charge in [-0.15, -0.1) is 0 Å². The summed E-state index contributed by atoms with van der Waals surface area (Å²) in [6.45, 7) is 5.81. The van der Waals surface area contributed by atoms with E-state index in [1.165, 1.54) is 42.5 Å². The summed E-state index contributed by atoms with van der Waals surface area (Å²) < 4.78 is 40.4. The number of nitrogens with zero attached hydrogens (tertiary/aromatic N) is 1. The number of carbonyl (C=O) groups excluding carboxylic acids is 1. The fourth-order valence-electron chi connectivity index (χ4n) is 3.47. The van der Waals surface area contributed by atoms with E-state index in [1.54, 1.807) is 0 Å². The van der Waals surface area contributed by atoms with Crippen molar-refractivity contribution in [2.24, 2.45) is 0 Å². The van der Waals surface area contributed by atoms with Crippen LogP contribution in [-0.4, -0.2) is 16.5 Å². The topological polar surface area (TPSA) is 22.0 Å². The van der Waals surface area contributed by atoms with Gasteiger partial charge >= 0.3 is 6.18 Å². The van der Waals surface area contributed by atoms with Crippen LogP contribution < -0.4 is 0 Å². The highest BCUT2D eigenvalue weighted by atomic mass is 19.4. The normalized spacial score (nSPS) is 11.6.